The normalized spacial score (nSPS) is 14.2. The second-order valence-electron chi connectivity index (χ2n) is 5.00. The minimum Gasteiger partial charge on any atom is -0.496 e. The van der Waals surface area contributed by atoms with E-state index in [0.29, 0.717) is 0 Å². The lowest BCUT2D eigenvalue weighted by molar-refractivity contribution is 0.407. The summed E-state index contributed by atoms with van der Waals surface area (Å²) in [6.45, 7) is 4.05. The fourth-order valence-corrected chi connectivity index (χ4v) is 3.58. The van der Waals surface area contributed by atoms with Crippen LogP contribution in [0.15, 0.2) is 18.2 Å². The van der Waals surface area contributed by atoms with Gasteiger partial charge in [-0.2, -0.15) is 0 Å². The van der Waals surface area contributed by atoms with Crippen LogP contribution in [0.4, 0.5) is 5.13 Å². The number of rotatable bonds is 4. The van der Waals surface area contributed by atoms with E-state index in [-0.39, 0.29) is 0 Å². The van der Waals surface area contributed by atoms with Crippen LogP contribution in [-0.2, 0) is 19.4 Å². The van der Waals surface area contributed by atoms with Crippen LogP contribution in [-0.4, -0.2) is 23.9 Å². The zero-order chi connectivity index (χ0) is 13.9. The van der Waals surface area contributed by atoms with Gasteiger partial charge in [-0.1, -0.05) is 30.4 Å². The predicted molar refractivity (Wildman–Crippen MR) is 81.7 cm³/mol. The lowest BCUT2D eigenvalue weighted by atomic mass is 9.99. The van der Waals surface area contributed by atoms with E-state index < -0.39 is 0 Å². The largest absolute Gasteiger partial charge is 0.496 e. The van der Waals surface area contributed by atoms with Crippen LogP contribution in [0.3, 0.4) is 0 Å². The fourth-order valence-electron chi connectivity index (χ4n) is 2.62. The van der Waals surface area contributed by atoms with E-state index >= 15 is 0 Å². The molecule has 0 aliphatic carbocycles. The van der Waals surface area contributed by atoms with Crippen LogP contribution < -0.4 is 9.64 Å². The summed E-state index contributed by atoms with van der Waals surface area (Å²) in [6.07, 6.45) is 3.15. The summed E-state index contributed by atoms with van der Waals surface area (Å²) in [4.78, 5) is 2.32. The Morgan fingerprint density at radius 1 is 1.35 bits per heavy atom. The minimum atomic E-state index is 0.896. The van der Waals surface area contributed by atoms with Crippen LogP contribution in [0.25, 0.3) is 0 Å². The van der Waals surface area contributed by atoms with E-state index in [1.165, 1.54) is 11.1 Å². The van der Waals surface area contributed by atoms with Gasteiger partial charge in [-0.25, -0.2) is 0 Å². The number of hydrogen-bond donors (Lipinski definition) is 0. The van der Waals surface area contributed by atoms with Crippen molar-refractivity contribution in [2.75, 3.05) is 18.6 Å². The number of hydrogen-bond acceptors (Lipinski definition) is 5. The number of fused-ring (bicyclic) bond motifs is 1. The molecule has 1 aromatic heterocycles. The van der Waals surface area contributed by atoms with Crippen LogP contribution >= 0.6 is 11.3 Å². The van der Waals surface area contributed by atoms with Gasteiger partial charge in [0.1, 0.15) is 10.8 Å². The van der Waals surface area contributed by atoms with Gasteiger partial charge in [0.05, 0.1) is 7.11 Å². The molecule has 0 N–H and O–H groups in total. The maximum atomic E-state index is 5.45. The van der Waals surface area contributed by atoms with Gasteiger partial charge >= 0.3 is 0 Å². The molecule has 0 unspecified atom stereocenters. The topological polar surface area (TPSA) is 38.2 Å². The van der Waals surface area contributed by atoms with Gasteiger partial charge in [0.2, 0.25) is 5.13 Å². The Morgan fingerprint density at radius 3 is 3.05 bits per heavy atom. The maximum absolute atomic E-state index is 5.45. The van der Waals surface area contributed by atoms with E-state index in [2.05, 4.69) is 34.2 Å². The molecule has 0 amide bonds. The van der Waals surface area contributed by atoms with Crippen LogP contribution in [0.5, 0.6) is 5.75 Å². The predicted octanol–water partition coefficient (Wildman–Crippen LogP) is 3.06. The Balaban J connectivity index is 1.81. The molecule has 4 nitrogen and oxygen atoms in total. The van der Waals surface area contributed by atoms with Crippen molar-refractivity contribution < 1.29 is 4.74 Å². The number of ether oxygens (including phenoxy) is 1. The molecule has 2 aromatic rings. The first kappa shape index (κ1) is 13.4. The third kappa shape index (κ3) is 2.50. The molecule has 1 aromatic carbocycles. The molecule has 2 heterocycles. The summed E-state index contributed by atoms with van der Waals surface area (Å²) in [5, 5.41) is 10.8. The Bertz CT molecular complexity index is 597. The van der Waals surface area contributed by atoms with Crippen LogP contribution in [0.2, 0.25) is 0 Å². The molecule has 1 aliphatic rings. The number of aromatic nitrogens is 2. The molecule has 0 saturated carbocycles. The highest BCUT2D eigenvalue weighted by molar-refractivity contribution is 7.15. The standard InChI is InChI=1S/C15H19N3OS/c1-3-5-14-16-17-15(20-14)18-9-8-12-11(10-18)6-4-7-13(12)19-2/h4,6-7H,3,5,8-10H2,1-2H3. The van der Waals surface area contributed by atoms with Gasteiger partial charge in [0.25, 0.3) is 0 Å². The second kappa shape index (κ2) is 5.79. The lowest BCUT2D eigenvalue weighted by Crippen LogP contribution is -2.30. The Morgan fingerprint density at radius 2 is 2.25 bits per heavy atom. The third-order valence-electron chi connectivity index (χ3n) is 3.63. The maximum Gasteiger partial charge on any atom is 0.208 e. The summed E-state index contributed by atoms with van der Waals surface area (Å²) in [5.41, 5.74) is 2.67. The number of aryl methyl sites for hydroxylation is 1. The Kier molecular flexibility index (Phi) is 3.87. The quantitative estimate of drug-likeness (QED) is 0.867. The van der Waals surface area contributed by atoms with Crippen molar-refractivity contribution in [1.29, 1.82) is 0 Å². The van der Waals surface area contributed by atoms with Crippen molar-refractivity contribution in [2.45, 2.75) is 32.7 Å². The number of benzene rings is 1. The van der Waals surface area contributed by atoms with E-state index in [1.54, 1.807) is 18.4 Å². The summed E-state index contributed by atoms with van der Waals surface area (Å²) in [6, 6.07) is 6.28. The van der Waals surface area contributed by atoms with Crippen LogP contribution in [0.1, 0.15) is 29.5 Å². The first-order valence-corrected chi connectivity index (χ1v) is 7.85. The van der Waals surface area contributed by atoms with Crippen molar-refractivity contribution in [3.63, 3.8) is 0 Å². The molecule has 3 rings (SSSR count). The molecule has 0 spiro atoms. The molecule has 0 saturated heterocycles. The van der Waals surface area contributed by atoms with E-state index in [9.17, 15) is 0 Å². The fraction of sp³-hybridized carbons (Fsp3) is 0.467. The van der Waals surface area contributed by atoms with Crippen molar-refractivity contribution in [3.05, 3.63) is 34.3 Å². The number of anilines is 1. The van der Waals surface area contributed by atoms with E-state index in [4.69, 9.17) is 4.74 Å². The Labute approximate surface area is 123 Å². The van der Waals surface area contributed by atoms with Gasteiger partial charge in [0.15, 0.2) is 0 Å². The highest BCUT2D eigenvalue weighted by atomic mass is 32.1. The SMILES string of the molecule is CCCc1nnc(N2CCc3c(cccc3OC)C2)s1. The summed E-state index contributed by atoms with van der Waals surface area (Å²) in [7, 11) is 1.74. The minimum absolute atomic E-state index is 0.896. The van der Waals surface area contributed by atoms with Crippen molar-refractivity contribution in [2.24, 2.45) is 0 Å². The van der Waals surface area contributed by atoms with Gasteiger partial charge < -0.3 is 9.64 Å². The van der Waals surface area contributed by atoms with Crippen molar-refractivity contribution in [3.8, 4) is 5.75 Å². The van der Waals surface area contributed by atoms with Gasteiger partial charge in [-0.3, -0.25) is 0 Å². The molecular weight excluding hydrogens is 270 g/mol. The van der Waals surface area contributed by atoms with Crippen molar-refractivity contribution >= 4 is 16.5 Å². The van der Waals surface area contributed by atoms with Gasteiger partial charge in [0, 0.05) is 25.1 Å². The first-order chi connectivity index (χ1) is 9.81. The summed E-state index contributed by atoms with van der Waals surface area (Å²) in [5.74, 6) is 1.01. The summed E-state index contributed by atoms with van der Waals surface area (Å²) >= 11 is 1.72. The molecule has 0 bridgehead atoms. The average molecular weight is 289 g/mol. The van der Waals surface area contributed by atoms with Gasteiger partial charge in [-0.15, -0.1) is 10.2 Å². The monoisotopic (exact) mass is 289 g/mol. The zero-order valence-electron chi connectivity index (χ0n) is 11.9. The smallest absolute Gasteiger partial charge is 0.208 e. The molecule has 1 aliphatic heterocycles. The van der Waals surface area contributed by atoms with E-state index in [0.717, 1.165) is 48.2 Å². The highest BCUT2D eigenvalue weighted by Gasteiger charge is 2.21. The lowest BCUT2D eigenvalue weighted by Gasteiger charge is -2.29. The number of methoxy groups -OCH3 is 1. The zero-order valence-corrected chi connectivity index (χ0v) is 12.7. The average Bonchev–Trinajstić information content (AvgIpc) is 2.95. The third-order valence-corrected chi connectivity index (χ3v) is 4.68. The van der Waals surface area contributed by atoms with Crippen molar-refractivity contribution in [1.82, 2.24) is 10.2 Å². The second-order valence-corrected chi connectivity index (χ2v) is 6.04. The highest BCUT2D eigenvalue weighted by Crippen LogP contribution is 2.31. The molecule has 20 heavy (non-hydrogen) atoms. The van der Waals surface area contributed by atoms with Crippen LogP contribution in [0, 0.1) is 0 Å². The molecule has 5 heteroatoms. The molecule has 106 valence electrons. The Hall–Kier alpha value is -1.62. The molecule has 0 fully saturated rings. The number of nitrogens with zero attached hydrogens (tertiary/aromatic N) is 3. The first-order valence-electron chi connectivity index (χ1n) is 7.04. The molecule has 0 atom stereocenters. The molecular formula is C15H19N3OS. The van der Waals surface area contributed by atoms with Gasteiger partial charge in [-0.05, 0) is 24.5 Å². The molecule has 0 radical (unpaired) electrons. The van der Waals surface area contributed by atoms with E-state index in [1.807, 2.05) is 6.07 Å². The summed E-state index contributed by atoms with van der Waals surface area (Å²) < 4.78 is 5.45.